The average molecular weight is 562 g/mol. The highest BCUT2D eigenvalue weighted by Gasteiger charge is 2.40. The molecule has 2 aromatic rings. The number of alkyl carbamates (subject to hydrolysis) is 1. The van der Waals surface area contributed by atoms with Gasteiger partial charge in [0, 0.05) is 6.54 Å². The van der Waals surface area contributed by atoms with Gasteiger partial charge in [0.15, 0.2) is 6.10 Å². The molecule has 0 radical (unpaired) electrons. The van der Waals surface area contributed by atoms with E-state index < -0.39 is 42.0 Å². The molecule has 4 atom stereocenters. The van der Waals surface area contributed by atoms with Gasteiger partial charge in [-0.2, -0.15) is 4.68 Å². The predicted octanol–water partition coefficient (Wildman–Crippen LogP) is 1.69. The third-order valence-electron chi connectivity index (χ3n) is 7.05. The molecule has 1 saturated heterocycles. The smallest absolute Gasteiger partial charge is 0.442 e. The summed E-state index contributed by atoms with van der Waals surface area (Å²) in [5.74, 6) is -1.81. The van der Waals surface area contributed by atoms with E-state index in [2.05, 4.69) is 20.5 Å². The maximum atomic E-state index is 13.4. The molecule has 220 valence electrons. The molecule has 1 aromatic heterocycles. The summed E-state index contributed by atoms with van der Waals surface area (Å²) in [6.07, 6.45) is -1.16. The number of carbonyl (C=O) groups is 3. The fourth-order valence-electron chi connectivity index (χ4n) is 4.76. The first kappa shape index (κ1) is 30.7. The van der Waals surface area contributed by atoms with Crippen molar-refractivity contribution >= 4 is 17.9 Å². The van der Waals surface area contributed by atoms with Crippen molar-refractivity contribution in [3.8, 4) is 11.4 Å². The molecule has 2 heterocycles. The first-order valence-electron chi connectivity index (χ1n) is 13.3. The van der Waals surface area contributed by atoms with Crippen LogP contribution in [0.2, 0.25) is 0 Å². The van der Waals surface area contributed by atoms with Crippen LogP contribution < -0.4 is 21.1 Å². The van der Waals surface area contributed by atoms with Gasteiger partial charge < -0.3 is 34.5 Å². The molecule has 0 spiro atoms. The van der Waals surface area contributed by atoms with Crippen molar-refractivity contribution in [3.05, 3.63) is 40.2 Å². The number of aromatic nitrogens is 2. The summed E-state index contributed by atoms with van der Waals surface area (Å²) in [5, 5.41) is 20.7. The standard InChI is InChI=1S/C27H39N5O8/c1-14(2)20(22(33)24-30-32(27(37)40-24)18-11-10-17(38-6)13-16(18)5)28-23(34)19-9-8-12-31(19)25(35)21(15(3)4)29-26(36)39-7/h10-11,13-15,19-22,33H,8-9,12H2,1-7H3,(H,28,34)(H,29,36)/t19-,20-,21-,22+/m0/s1. The van der Waals surface area contributed by atoms with Gasteiger partial charge in [-0.05, 0) is 55.4 Å². The molecule has 40 heavy (non-hydrogen) atoms. The highest BCUT2D eigenvalue weighted by Crippen LogP contribution is 2.25. The van der Waals surface area contributed by atoms with Crippen molar-refractivity contribution in [3.63, 3.8) is 0 Å². The minimum Gasteiger partial charge on any atom is -0.497 e. The second kappa shape index (κ2) is 13.0. The van der Waals surface area contributed by atoms with Crippen LogP contribution in [0.1, 0.15) is 58.1 Å². The van der Waals surface area contributed by atoms with Crippen LogP contribution in [0.5, 0.6) is 5.75 Å². The summed E-state index contributed by atoms with van der Waals surface area (Å²) in [6, 6.07) is 2.53. The van der Waals surface area contributed by atoms with E-state index >= 15 is 0 Å². The molecular weight excluding hydrogens is 522 g/mol. The summed E-state index contributed by atoms with van der Waals surface area (Å²) in [6.45, 7) is 9.29. The Morgan fingerprint density at radius 1 is 1.12 bits per heavy atom. The van der Waals surface area contributed by atoms with E-state index in [-0.39, 0.29) is 23.6 Å². The number of hydrogen-bond acceptors (Lipinski definition) is 9. The molecule has 0 unspecified atom stereocenters. The number of rotatable bonds is 10. The Bertz CT molecular complexity index is 1270. The lowest BCUT2D eigenvalue weighted by Crippen LogP contribution is -2.56. The normalized spacial score (nSPS) is 17.4. The number of nitrogens with one attached hydrogen (secondary N) is 2. The van der Waals surface area contributed by atoms with Crippen LogP contribution in [0.3, 0.4) is 0 Å². The number of aliphatic hydroxyl groups is 1. The highest BCUT2D eigenvalue weighted by molar-refractivity contribution is 5.92. The Hall–Kier alpha value is -3.87. The van der Waals surface area contributed by atoms with Crippen molar-refractivity contribution in [1.29, 1.82) is 0 Å². The molecule has 3 rings (SSSR count). The topological polar surface area (TPSA) is 165 Å². The van der Waals surface area contributed by atoms with E-state index in [4.69, 9.17) is 9.15 Å². The third kappa shape index (κ3) is 6.64. The van der Waals surface area contributed by atoms with Crippen LogP contribution in [-0.2, 0) is 14.3 Å². The summed E-state index contributed by atoms with van der Waals surface area (Å²) in [5.41, 5.74) is 1.16. The quantitative estimate of drug-likeness (QED) is 0.391. The maximum absolute atomic E-state index is 13.4. The van der Waals surface area contributed by atoms with Gasteiger partial charge >= 0.3 is 11.8 Å². The number of aliphatic hydroxyl groups excluding tert-OH is 1. The van der Waals surface area contributed by atoms with Gasteiger partial charge in [-0.3, -0.25) is 9.59 Å². The van der Waals surface area contributed by atoms with Gasteiger partial charge in [-0.15, -0.1) is 5.10 Å². The number of ether oxygens (including phenoxy) is 2. The SMILES string of the molecule is COC(=O)N[C@H](C(=O)N1CCC[C@H]1C(=O)N[C@@H](C(C)C)[C@@H](O)c1nn(-c2ccc(OC)cc2C)c(=O)o1)C(C)C. The van der Waals surface area contributed by atoms with Crippen LogP contribution in [0, 0.1) is 18.8 Å². The van der Waals surface area contributed by atoms with Gasteiger partial charge in [-0.25, -0.2) is 9.59 Å². The lowest BCUT2D eigenvalue weighted by Gasteiger charge is -2.32. The maximum Gasteiger partial charge on any atom is 0.442 e. The Balaban J connectivity index is 1.80. The summed E-state index contributed by atoms with van der Waals surface area (Å²) in [4.78, 5) is 52.6. The van der Waals surface area contributed by atoms with E-state index in [1.54, 1.807) is 52.8 Å². The van der Waals surface area contributed by atoms with Gasteiger partial charge in [0.25, 0.3) is 0 Å². The number of benzene rings is 1. The van der Waals surface area contributed by atoms with E-state index in [0.29, 0.717) is 36.4 Å². The van der Waals surface area contributed by atoms with Crippen LogP contribution in [0.25, 0.3) is 5.69 Å². The van der Waals surface area contributed by atoms with Crippen LogP contribution in [0.15, 0.2) is 27.4 Å². The van der Waals surface area contributed by atoms with Crippen LogP contribution >= 0.6 is 0 Å². The molecule has 13 heteroatoms. The minimum absolute atomic E-state index is 0.242. The van der Waals surface area contributed by atoms with Crippen molar-refractivity contribution in [2.45, 2.75) is 71.7 Å². The summed E-state index contributed by atoms with van der Waals surface area (Å²) >= 11 is 0. The fourth-order valence-corrected chi connectivity index (χ4v) is 4.76. The molecule has 0 bridgehead atoms. The molecule has 0 saturated carbocycles. The predicted molar refractivity (Wildman–Crippen MR) is 144 cm³/mol. The number of nitrogens with zero attached hydrogens (tertiary/aromatic N) is 3. The second-order valence-electron chi connectivity index (χ2n) is 10.5. The molecular formula is C27H39N5O8. The molecule has 13 nitrogen and oxygen atoms in total. The Morgan fingerprint density at radius 3 is 2.40 bits per heavy atom. The number of methoxy groups -OCH3 is 2. The summed E-state index contributed by atoms with van der Waals surface area (Å²) in [7, 11) is 2.75. The lowest BCUT2D eigenvalue weighted by molar-refractivity contribution is -0.141. The average Bonchev–Trinajstić information content (AvgIpc) is 3.56. The fraction of sp³-hybridized carbons (Fsp3) is 0.593. The van der Waals surface area contributed by atoms with Crippen LogP contribution in [0.4, 0.5) is 4.79 Å². The number of likely N-dealkylation sites (tertiary alicyclic amines) is 1. The molecule has 0 aliphatic carbocycles. The molecule has 1 aliphatic heterocycles. The minimum atomic E-state index is -1.44. The Morgan fingerprint density at radius 2 is 1.82 bits per heavy atom. The van der Waals surface area contributed by atoms with E-state index in [0.717, 1.165) is 4.68 Å². The van der Waals surface area contributed by atoms with E-state index in [1.165, 1.54) is 19.1 Å². The second-order valence-corrected chi connectivity index (χ2v) is 10.5. The molecule has 1 aromatic carbocycles. The zero-order chi connectivity index (χ0) is 29.7. The van der Waals surface area contributed by atoms with Gasteiger partial charge in [0.2, 0.25) is 17.7 Å². The van der Waals surface area contributed by atoms with E-state index in [9.17, 15) is 24.3 Å². The third-order valence-corrected chi connectivity index (χ3v) is 7.05. The van der Waals surface area contributed by atoms with Crippen molar-refractivity contribution in [2.75, 3.05) is 20.8 Å². The largest absolute Gasteiger partial charge is 0.497 e. The van der Waals surface area contributed by atoms with Crippen LogP contribution in [-0.4, -0.2) is 76.6 Å². The zero-order valence-electron chi connectivity index (χ0n) is 24.0. The van der Waals surface area contributed by atoms with Gasteiger partial charge in [-0.1, -0.05) is 27.7 Å². The molecule has 1 fully saturated rings. The number of aryl methyl sites for hydroxylation is 1. The van der Waals surface area contributed by atoms with Gasteiger partial charge in [0.1, 0.15) is 17.8 Å². The molecule has 1 aliphatic rings. The monoisotopic (exact) mass is 561 g/mol. The first-order valence-corrected chi connectivity index (χ1v) is 13.3. The highest BCUT2D eigenvalue weighted by atomic mass is 16.5. The van der Waals surface area contributed by atoms with Gasteiger partial charge in [0.05, 0.1) is 25.9 Å². The first-order chi connectivity index (χ1) is 18.9. The van der Waals surface area contributed by atoms with E-state index in [1.807, 2.05) is 0 Å². The zero-order valence-corrected chi connectivity index (χ0v) is 24.0. The number of amides is 3. The van der Waals surface area contributed by atoms with Crippen molar-refractivity contribution in [1.82, 2.24) is 25.3 Å². The van der Waals surface area contributed by atoms with Crippen molar-refractivity contribution in [2.24, 2.45) is 11.8 Å². The number of carbonyl (C=O) groups excluding carboxylic acids is 3. The molecule has 3 N–H and O–H groups in total. The summed E-state index contributed by atoms with van der Waals surface area (Å²) < 4.78 is 16.2. The molecule has 3 amide bonds. The Labute approximate surface area is 232 Å². The Kier molecular flexibility index (Phi) is 9.96. The van der Waals surface area contributed by atoms with Crippen molar-refractivity contribution < 1.29 is 33.4 Å². The lowest BCUT2D eigenvalue weighted by atomic mass is 9.97. The number of hydrogen-bond donors (Lipinski definition) is 3.